The first-order valence-electron chi connectivity index (χ1n) is 4.96. The minimum Gasteiger partial charge on any atom is -0.393 e. The van der Waals surface area contributed by atoms with Crippen LogP contribution in [0.5, 0.6) is 0 Å². The number of rotatable bonds is 4. The molecule has 0 fully saturated rings. The van der Waals surface area contributed by atoms with Gasteiger partial charge in [-0.2, -0.15) is 0 Å². The zero-order valence-corrected chi connectivity index (χ0v) is 10.2. The van der Waals surface area contributed by atoms with Crippen LogP contribution in [-0.2, 0) is 10.0 Å². The van der Waals surface area contributed by atoms with Gasteiger partial charge in [-0.15, -0.1) is 0 Å². The predicted molar refractivity (Wildman–Crippen MR) is 66.9 cm³/mol. The van der Waals surface area contributed by atoms with E-state index in [2.05, 4.69) is 14.7 Å². The van der Waals surface area contributed by atoms with Gasteiger partial charge in [0, 0.05) is 18.5 Å². The SMILES string of the molecule is Nc1cc(S(=O)(=O)Nc2ncc[nH]2)ccc1[N+](=O)[O-]. The zero-order chi connectivity index (χ0) is 14.0. The second kappa shape index (κ2) is 4.57. The minimum absolute atomic E-state index is 0.0388. The van der Waals surface area contributed by atoms with Crippen molar-refractivity contribution in [3.8, 4) is 0 Å². The minimum atomic E-state index is -3.89. The van der Waals surface area contributed by atoms with E-state index >= 15 is 0 Å². The largest absolute Gasteiger partial charge is 0.393 e. The summed E-state index contributed by atoms with van der Waals surface area (Å²) in [7, 11) is -3.89. The fraction of sp³-hybridized carbons (Fsp3) is 0. The van der Waals surface area contributed by atoms with E-state index in [4.69, 9.17) is 5.73 Å². The monoisotopic (exact) mass is 283 g/mol. The lowest BCUT2D eigenvalue weighted by Crippen LogP contribution is -2.14. The van der Waals surface area contributed by atoms with Crippen molar-refractivity contribution in [1.29, 1.82) is 0 Å². The van der Waals surface area contributed by atoms with E-state index in [0.717, 1.165) is 18.2 Å². The number of aromatic nitrogens is 2. The molecular formula is C9H9N5O4S. The lowest BCUT2D eigenvalue weighted by molar-refractivity contribution is -0.383. The van der Waals surface area contributed by atoms with Crippen LogP contribution in [-0.4, -0.2) is 23.3 Å². The maximum absolute atomic E-state index is 11.9. The fourth-order valence-corrected chi connectivity index (χ4v) is 2.39. The van der Waals surface area contributed by atoms with Gasteiger partial charge in [0.2, 0.25) is 5.95 Å². The summed E-state index contributed by atoms with van der Waals surface area (Å²) < 4.78 is 26.0. The number of H-pyrrole nitrogens is 1. The van der Waals surface area contributed by atoms with Crippen molar-refractivity contribution in [2.45, 2.75) is 4.90 Å². The molecule has 0 radical (unpaired) electrons. The van der Waals surface area contributed by atoms with Crippen molar-refractivity contribution in [1.82, 2.24) is 9.97 Å². The van der Waals surface area contributed by atoms with Gasteiger partial charge in [-0.25, -0.2) is 18.1 Å². The van der Waals surface area contributed by atoms with Crippen molar-refractivity contribution >= 4 is 27.3 Å². The molecule has 0 unspecified atom stereocenters. The Bertz CT molecular complexity index is 710. The molecule has 0 aliphatic carbocycles. The molecule has 0 saturated carbocycles. The average Bonchev–Trinajstić information content (AvgIpc) is 2.80. The summed E-state index contributed by atoms with van der Waals surface area (Å²) in [5.74, 6) is 0.0388. The van der Waals surface area contributed by atoms with E-state index in [1.807, 2.05) is 0 Å². The van der Waals surface area contributed by atoms with Crippen LogP contribution in [0.25, 0.3) is 0 Å². The van der Waals surface area contributed by atoms with E-state index in [0.29, 0.717) is 0 Å². The summed E-state index contributed by atoms with van der Waals surface area (Å²) in [6.45, 7) is 0. The van der Waals surface area contributed by atoms with Crippen LogP contribution in [0.15, 0.2) is 35.5 Å². The molecule has 0 spiro atoms. The number of aromatic amines is 1. The Labute approximate surface area is 107 Å². The number of benzene rings is 1. The van der Waals surface area contributed by atoms with Crippen molar-refractivity contribution in [2.24, 2.45) is 0 Å². The van der Waals surface area contributed by atoms with Gasteiger partial charge in [-0.1, -0.05) is 0 Å². The van der Waals surface area contributed by atoms with E-state index < -0.39 is 14.9 Å². The van der Waals surface area contributed by atoms with Crippen LogP contribution in [0, 0.1) is 10.1 Å². The Kier molecular flexibility index (Phi) is 3.09. The maximum atomic E-state index is 11.9. The highest BCUT2D eigenvalue weighted by Crippen LogP contribution is 2.25. The van der Waals surface area contributed by atoms with Crippen molar-refractivity contribution < 1.29 is 13.3 Å². The predicted octanol–water partition coefficient (Wildman–Crippen LogP) is 0.701. The van der Waals surface area contributed by atoms with Crippen molar-refractivity contribution in [3.05, 3.63) is 40.7 Å². The summed E-state index contributed by atoms with van der Waals surface area (Å²) in [4.78, 5) is 16.0. The Morgan fingerprint density at radius 2 is 2.16 bits per heavy atom. The molecule has 1 aromatic carbocycles. The molecule has 2 rings (SSSR count). The van der Waals surface area contributed by atoms with E-state index in [-0.39, 0.29) is 22.2 Å². The quantitative estimate of drug-likeness (QED) is 0.428. The van der Waals surface area contributed by atoms with Gasteiger partial charge < -0.3 is 10.7 Å². The van der Waals surface area contributed by atoms with Gasteiger partial charge in [0.15, 0.2) is 0 Å². The molecule has 1 heterocycles. The number of nitrogens with one attached hydrogen (secondary N) is 2. The second-order valence-corrected chi connectivity index (χ2v) is 5.20. The molecule has 100 valence electrons. The van der Waals surface area contributed by atoms with E-state index in [1.165, 1.54) is 12.4 Å². The summed E-state index contributed by atoms with van der Waals surface area (Å²) in [5.41, 5.74) is 4.86. The number of anilines is 2. The van der Waals surface area contributed by atoms with Crippen molar-refractivity contribution in [3.63, 3.8) is 0 Å². The van der Waals surface area contributed by atoms with Crippen LogP contribution in [0.4, 0.5) is 17.3 Å². The number of nitro groups is 1. The average molecular weight is 283 g/mol. The van der Waals surface area contributed by atoms with Gasteiger partial charge in [0.25, 0.3) is 15.7 Å². The molecule has 0 aliphatic rings. The van der Waals surface area contributed by atoms with Gasteiger partial charge in [0.1, 0.15) is 5.69 Å². The highest BCUT2D eigenvalue weighted by Gasteiger charge is 2.19. The molecular weight excluding hydrogens is 274 g/mol. The smallest absolute Gasteiger partial charge is 0.292 e. The summed E-state index contributed by atoms with van der Waals surface area (Å²) in [6, 6.07) is 3.15. The Morgan fingerprint density at radius 3 is 2.68 bits per heavy atom. The lowest BCUT2D eigenvalue weighted by Gasteiger charge is -2.06. The molecule has 0 saturated heterocycles. The van der Waals surface area contributed by atoms with E-state index in [9.17, 15) is 18.5 Å². The molecule has 19 heavy (non-hydrogen) atoms. The maximum Gasteiger partial charge on any atom is 0.292 e. The van der Waals surface area contributed by atoms with Crippen molar-refractivity contribution in [2.75, 3.05) is 10.5 Å². The zero-order valence-electron chi connectivity index (χ0n) is 9.40. The standard InChI is InChI=1S/C9H9N5O4S/c10-7-5-6(1-2-8(7)14(15)16)19(17,18)13-9-11-3-4-12-9/h1-5H,10H2,(H2,11,12,13). The molecule has 1 aromatic heterocycles. The molecule has 10 heteroatoms. The van der Waals surface area contributed by atoms with Gasteiger partial charge >= 0.3 is 0 Å². The molecule has 4 N–H and O–H groups in total. The number of hydrogen-bond acceptors (Lipinski definition) is 6. The first kappa shape index (κ1) is 12.8. The summed E-state index contributed by atoms with van der Waals surface area (Å²) in [6.07, 6.45) is 2.82. The third-order valence-corrected chi connectivity index (χ3v) is 3.57. The fourth-order valence-electron chi connectivity index (χ4n) is 1.37. The highest BCUT2D eigenvalue weighted by molar-refractivity contribution is 7.92. The summed E-state index contributed by atoms with van der Waals surface area (Å²) in [5, 5.41) is 10.6. The molecule has 9 nitrogen and oxygen atoms in total. The number of nitrogens with zero attached hydrogens (tertiary/aromatic N) is 2. The highest BCUT2D eigenvalue weighted by atomic mass is 32.2. The Morgan fingerprint density at radius 1 is 1.42 bits per heavy atom. The van der Waals surface area contributed by atoms with Gasteiger partial charge in [0.05, 0.1) is 9.82 Å². The Hall–Kier alpha value is -2.62. The van der Waals surface area contributed by atoms with Gasteiger partial charge in [-0.05, 0) is 12.1 Å². The van der Waals surface area contributed by atoms with Crippen LogP contribution in [0.2, 0.25) is 0 Å². The van der Waals surface area contributed by atoms with Gasteiger partial charge in [-0.3, -0.25) is 10.1 Å². The van der Waals surface area contributed by atoms with Crippen LogP contribution in [0.3, 0.4) is 0 Å². The number of sulfonamides is 1. The van der Waals surface area contributed by atoms with Crippen LogP contribution in [0.1, 0.15) is 0 Å². The number of hydrogen-bond donors (Lipinski definition) is 3. The second-order valence-electron chi connectivity index (χ2n) is 3.52. The lowest BCUT2D eigenvalue weighted by atomic mass is 10.3. The number of nitrogens with two attached hydrogens (primary N) is 1. The molecule has 0 bridgehead atoms. The van der Waals surface area contributed by atoms with E-state index in [1.54, 1.807) is 0 Å². The number of imidazole rings is 1. The topological polar surface area (TPSA) is 144 Å². The third kappa shape index (κ3) is 2.63. The molecule has 0 amide bonds. The van der Waals surface area contributed by atoms with Crippen LogP contribution < -0.4 is 10.5 Å². The molecule has 0 atom stereocenters. The molecule has 2 aromatic rings. The number of nitro benzene ring substituents is 1. The third-order valence-electron chi connectivity index (χ3n) is 2.24. The Balaban J connectivity index is 2.36. The number of nitrogen functional groups attached to an aromatic ring is 1. The normalized spacial score (nSPS) is 11.2. The molecule has 0 aliphatic heterocycles. The first-order chi connectivity index (χ1) is 8.90. The van der Waals surface area contributed by atoms with Crippen LogP contribution >= 0.6 is 0 Å². The summed E-state index contributed by atoms with van der Waals surface area (Å²) >= 11 is 0. The first-order valence-corrected chi connectivity index (χ1v) is 6.44.